The maximum Gasteiger partial charge on any atom is 0.323 e. The Morgan fingerprint density at radius 2 is 1.52 bits per heavy atom. The van der Waals surface area contributed by atoms with E-state index >= 15 is 0 Å². The van der Waals surface area contributed by atoms with Crippen molar-refractivity contribution in [1.29, 1.82) is 0 Å². The molecular weight excluding hydrogens is 338 g/mol. The minimum absolute atomic E-state index is 0.0680. The molecule has 2 bridgehead atoms. The lowest BCUT2D eigenvalue weighted by atomic mass is 9.86. The third-order valence-electron chi connectivity index (χ3n) is 5.77. The van der Waals surface area contributed by atoms with Crippen LogP contribution >= 0.6 is 0 Å². The summed E-state index contributed by atoms with van der Waals surface area (Å²) >= 11 is 0. The van der Waals surface area contributed by atoms with Gasteiger partial charge >= 0.3 is 6.03 Å². The Labute approximate surface area is 159 Å². The first kappa shape index (κ1) is 17.6. The van der Waals surface area contributed by atoms with Crippen molar-refractivity contribution in [3.63, 3.8) is 0 Å². The molecule has 4 rings (SSSR count). The minimum Gasteiger partial charge on any atom is -0.326 e. The summed E-state index contributed by atoms with van der Waals surface area (Å²) < 4.78 is 0. The van der Waals surface area contributed by atoms with Gasteiger partial charge in [-0.1, -0.05) is 30.7 Å². The predicted octanol–water partition coefficient (Wildman–Crippen LogP) is 5.10. The molecular formula is C22H25N3O2. The van der Waals surface area contributed by atoms with Crippen LogP contribution in [0.5, 0.6) is 0 Å². The van der Waals surface area contributed by atoms with Gasteiger partial charge in [-0.3, -0.25) is 4.79 Å². The highest BCUT2D eigenvalue weighted by atomic mass is 16.2. The van der Waals surface area contributed by atoms with Crippen molar-refractivity contribution in [3.8, 4) is 0 Å². The van der Waals surface area contributed by atoms with Gasteiger partial charge in [0.15, 0.2) is 0 Å². The Morgan fingerprint density at radius 1 is 0.815 bits per heavy atom. The summed E-state index contributed by atoms with van der Waals surface area (Å²) in [7, 11) is 0. The van der Waals surface area contributed by atoms with Gasteiger partial charge in [0.25, 0.3) is 0 Å². The number of para-hydroxylation sites is 1. The fourth-order valence-corrected chi connectivity index (χ4v) is 4.57. The first-order valence-electron chi connectivity index (χ1n) is 9.68. The Hall–Kier alpha value is -2.82. The van der Waals surface area contributed by atoms with E-state index in [0.717, 1.165) is 17.5 Å². The molecule has 3 atom stereocenters. The number of hydrogen-bond donors (Lipinski definition) is 3. The lowest BCUT2D eigenvalue weighted by molar-refractivity contribution is -0.117. The molecule has 2 aromatic carbocycles. The molecule has 0 aromatic heterocycles. The van der Waals surface area contributed by atoms with Crippen LogP contribution in [-0.2, 0) is 4.79 Å². The summed E-state index contributed by atoms with van der Waals surface area (Å²) in [6.07, 6.45) is 5.76. The van der Waals surface area contributed by atoms with Gasteiger partial charge in [0.05, 0.1) is 0 Å². The molecule has 0 radical (unpaired) electrons. The highest BCUT2D eigenvalue weighted by molar-refractivity contribution is 6.00. The monoisotopic (exact) mass is 363 g/mol. The highest BCUT2D eigenvalue weighted by Crippen LogP contribution is 2.49. The van der Waals surface area contributed by atoms with Crippen molar-refractivity contribution in [3.05, 3.63) is 54.6 Å². The molecule has 5 nitrogen and oxygen atoms in total. The standard InChI is InChI=1S/C22H25N3O2/c26-21(13-17-12-15-9-10-16(17)11-15)23-19-7-4-8-20(14-19)25-22(27)24-18-5-2-1-3-6-18/h1-8,14-17H,9-13H2,(H,23,26)(H2,24,25,27). The first-order chi connectivity index (χ1) is 13.2. The fourth-order valence-electron chi connectivity index (χ4n) is 4.57. The van der Waals surface area contributed by atoms with Gasteiger partial charge in [-0.05, 0) is 67.3 Å². The summed E-state index contributed by atoms with van der Waals surface area (Å²) in [5, 5.41) is 8.56. The van der Waals surface area contributed by atoms with Crippen molar-refractivity contribution in [2.24, 2.45) is 17.8 Å². The molecule has 140 valence electrons. The van der Waals surface area contributed by atoms with E-state index in [1.807, 2.05) is 42.5 Å². The smallest absolute Gasteiger partial charge is 0.323 e. The second kappa shape index (κ2) is 7.82. The summed E-state index contributed by atoms with van der Waals surface area (Å²) in [4.78, 5) is 24.5. The van der Waals surface area contributed by atoms with Crippen molar-refractivity contribution in [1.82, 2.24) is 0 Å². The average Bonchev–Trinajstić information content (AvgIpc) is 3.25. The Morgan fingerprint density at radius 3 is 2.22 bits per heavy atom. The van der Waals surface area contributed by atoms with Crippen molar-refractivity contribution in [2.45, 2.75) is 32.1 Å². The number of fused-ring (bicyclic) bond motifs is 2. The molecule has 27 heavy (non-hydrogen) atoms. The van der Waals surface area contributed by atoms with E-state index in [1.54, 1.807) is 12.1 Å². The first-order valence-corrected chi connectivity index (χ1v) is 9.68. The third-order valence-corrected chi connectivity index (χ3v) is 5.77. The van der Waals surface area contributed by atoms with E-state index in [9.17, 15) is 9.59 Å². The van der Waals surface area contributed by atoms with Crippen LogP contribution in [0.25, 0.3) is 0 Å². The van der Waals surface area contributed by atoms with Crippen LogP contribution in [0.3, 0.4) is 0 Å². The normalized spacial score (nSPS) is 23.0. The third kappa shape index (κ3) is 4.48. The van der Waals surface area contributed by atoms with Crippen molar-refractivity contribution in [2.75, 3.05) is 16.0 Å². The number of benzene rings is 2. The van der Waals surface area contributed by atoms with Crippen LogP contribution in [0, 0.1) is 17.8 Å². The topological polar surface area (TPSA) is 70.2 Å². The van der Waals surface area contributed by atoms with E-state index in [-0.39, 0.29) is 11.9 Å². The van der Waals surface area contributed by atoms with Gasteiger partial charge in [0.2, 0.25) is 5.91 Å². The van der Waals surface area contributed by atoms with E-state index in [0.29, 0.717) is 23.7 Å². The van der Waals surface area contributed by atoms with Crippen LogP contribution in [0.1, 0.15) is 32.1 Å². The van der Waals surface area contributed by atoms with E-state index in [1.165, 1.54) is 25.7 Å². The molecule has 2 aromatic rings. The molecule has 0 heterocycles. The second-order valence-corrected chi connectivity index (χ2v) is 7.71. The fraction of sp³-hybridized carbons (Fsp3) is 0.364. The van der Waals surface area contributed by atoms with Crippen LogP contribution < -0.4 is 16.0 Å². The molecule has 2 fully saturated rings. The molecule has 3 N–H and O–H groups in total. The number of amides is 3. The number of urea groups is 1. The number of hydrogen-bond acceptors (Lipinski definition) is 2. The quantitative estimate of drug-likeness (QED) is 0.692. The molecule has 0 saturated heterocycles. The molecule has 2 aliphatic rings. The number of rotatable bonds is 5. The van der Waals surface area contributed by atoms with Crippen LogP contribution in [0.2, 0.25) is 0 Å². The van der Waals surface area contributed by atoms with Gasteiger partial charge in [0, 0.05) is 23.5 Å². The summed E-state index contributed by atoms with van der Waals surface area (Å²) in [5.41, 5.74) is 2.08. The van der Waals surface area contributed by atoms with Gasteiger partial charge in [0.1, 0.15) is 0 Å². The summed E-state index contributed by atoms with van der Waals surface area (Å²) in [5.74, 6) is 2.21. The average molecular weight is 363 g/mol. The Bertz CT molecular complexity index is 821. The van der Waals surface area contributed by atoms with Crippen molar-refractivity contribution >= 4 is 29.0 Å². The second-order valence-electron chi connectivity index (χ2n) is 7.71. The van der Waals surface area contributed by atoms with Crippen LogP contribution in [-0.4, -0.2) is 11.9 Å². The van der Waals surface area contributed by atoms with Crippen molar-refractivity contribution < 1.29 is 9.59 Å². The lowest BCUT2D eigenvalue weighted by Crippen LogP contribution is -2.21. The maximum absolute atomic E-state index is 12.4. The molecule has 3 amide bonds. The summed E-state index contributed by atoms with van der Waals surface area (Å²) in [6.45, 7) is 0. The van der Waals surface area contributed by atoms with Crippen LogP contribution in [0.15, 0.2) is 54.6 Å². The molecule has 2 aliphatic carbocycles. The predicted molar refractivity (Wildman–Crippen MR) is 108 cm³/mol. The minimum atomic E-state index is -0.313. The zero-order valence-electron chi connectivity index (χ0n) is 15.3. The van der Waals surface area contributed by atoms with Gasteiger partial charge in [-0.15, -0.1) is 0 Å². The lowest BCUT2D eigenvalue weighted by Gasteiger charge is -2.21. The van der Waals surface area contributed by atoms with Gasteiger partial charge < -0.3 is 16.0 Å². The zero-order chi connectivity index (χ0) is 18.6. The Kier molecular flexibility index (Phi) is 5.10. The number of carbonyl (C=O) groups is 2. The van der Waals surface area contributed by atoms with E-state index in [2.05, 4.69) is 16.0 Å². The molecule has 3 unspecified atom stereocenters. The van der Waals surface area contributed by atoms with E-state index in [4.69, 9.17) is 0 Å². The number of anilines is 3. The largest absolute Gasteiger partial charge is 0.326 e. The SMILES string of the molecule is O=C(CC1CC2CCC1C2)Nc1cccc(NC(=O)Nc2ccccc2)c1. The van der Waals surface area contributed by atoms with Gasteiger partial charge in [-0.2, -0.15) is 0 Å². The zero-order valence-corrected chi connectivity index (χ0v) is 15.3. The highest BCUT2D eigenvalue weighted by Gasteiger charge is 2.40. The number of nitrogens with one attached hydrogen (secondary N) is 3. The molecule has 5 heteroatoms. The molecule has 0 spiro atoms. The van der Waals surface area contributed by atoms with Gasteiger partial charge in [-0.25, -0.2) is 4.79 Å². The van der Waals surface area contributed by atoms with E-state index < -0.39 is 0 Å². The number of carbonyl (C=O) groups excluding carboxylic acids is 2. The maximum atomic E-state index is 12.4. The Balaban J connectivity index is 1.30. The molecule has 2 saturated carbocycles. The molecule has 0 aliphatic heterocycles. The van der Waals surface area contributed by atoms with Crippen LogP contribution in [0.4, 0.5) is 21.9 Å². The summed E-state index contributed by atoms with van der Waals surface area (Å²) in [6, 6.07) is 16.2.